The van der Waals surface area contributed by atoms with Crippen LogP contribution in [0.4, 0.5) is 0 Å². The van der Waals surface area contributed by atoms with Crippen molar-refractivity contribution in [1.29, 1.82) is 0 Å². The number of carbonyl (C=O) groups excluding carboxylic acids is 1. The molecule has 5 nitrogen and oxygen atoms in total. The first-order valence-electron chi connectivity index (χ1n) is 8.00. The summed E-state index contributed by atoms with van der Waals surface area (Å²) in [6, 6.07) is 8.15. The lowest BCUT2D eigenvalue weighted by atomic mass is 9.93. The monoisotopic (exact) mass is 339 g/mol. The number of nitrogens with zero attached hydrogens (tertiary/aromatic N) is 2. The van der Waals surface area contributed by atoms with Crippen LogP contribution in [-0.2, 0) is 0 Å². The Morgan fingerprint density at radius 2 is 2.04 bits per heavy atom. The van der Waals surface area contributed by atoms with E-state index in [1.165, 1.54) is 21.9 Å². The molecule has 122 valence electrons. The highest BCUT2D eigenvalue weighted by Crippen LogP contribution is 2.24. The van der Waals surface area contributed by atoms with E-state index in [-0.39, 0.29) is 23.1 Å². The molecule has 2 heterocycles. The second-order valence-electron chi connectivity index (χ2n) is 6.18. The highest BCUT2D eigenvalue weighted by molar-refractivity contribution is 7.15. The number of aryl methyl sites for hydroxylation is 1. The van der Waals surface area contributed by atoms with Crippen LogP contribution in [0.15, 0.2) is 40.6 Å². The molecule has 4 rings (SSSR count). The first kappa shape index (κ1) is 15.1. The number of benzene rings is 1. The fourth-order valence-corrected chi connectivity index (χ4v) is 3.65. The Hall–Kier alpha value is -2.47. The van der Waals surface area contributed by atoms with Crippen LogP contribution in [0.1, 0.15) is 35.2 Å². The van der Waals surface area contributed by atoms with Gasteiger partial charge in [0.2, 0.25) is 0 Å². The smallest absolute Gasteiger partial charge is 0.271 e. The average molecular weight is 339 g/mol. The van der Waals surface area contributed by atoms with Crippen LogP contribution >= 0.6 is 11.3 Å². The van der Waals surface area contributed by atoms with E-state index in [0.29, 0.717) is 4.96 Å². The molecule has 0 saturated heterocycles. The summed E-state index contributed by atoms with van der Waals surface area (Å²) < 4.78 is 1.53. The third-order valence-corrected chi connectivity index (χ3v) is 5.32. The van der Waals surface area contributed by atoms with Gasteiger partial charge in [0.05, 0.1) is 5.69 Å². The van der Waals surface area contributed by atoms with Gasteiger partial charge >= 0.3 is 0 Å². The van der Waals surface area contributed by atoms with Crippen LogP contribution < -0.4 is 10.9 Å². The van der Waals surface area contributed by atoms with Crippen molar-refractivity contribution < 1.29 is 4.79 Å². The van der Waals surface area contributed by atoms with Crippen molar-refractivity contribution >= 4 is 22.2 Å². The summed E-state index contributed by atoms with van der Waals surface area (Å²) in [5.74, 6) is -0.326. The fourth-order valence-electron chi connectivity index (χ4n) is 2.79. The topological polar surface area (TPSA) is 63.5 Å². The van der Waals surface area contributed by atoms with Crippen LogP contribution in [0.3, 0.4) is 0 Å². The van der Waals surface area contributed by atoms with Gasteiger partial charge in [-0.1, -0.05) is 29.8 Å². The van der Waals surface area contributed by atoms with E-state index in [1.807, 2.05) is 36.6 Å². The molecule has 1 aliphatic rings. The molecule has 2 aromatic heterocycles. The van der Waals surface area contributed by atoms with Gasteiger partial charge in [-0.2, -0.15) is 0 Å². The summed E-state index contributed by atoms with van der Waals surface area (Å²) >= 11 is 1.40. The predicted octanol–water partition coefficient (Wildman–Crippen LogP) is 3.01. The molecule has 1 aromatic carbocycles. The summed E-state index contributed by atoms with van der Waals surface area (Å²) in [6.45, 7) is 2.02. The van der Waals surface area contributed by atoms with E-state index in [1.54, 1.807) is 0 Å². The zero-order chi connectivity index (χ0) is 16.7. The maximum Gasteiger partial charge on any atom is 0.271 e. The minimum Gasteiger partial charge on any atom is -0.349 e. The second kappa shape index (κ2) is 5.87. The van der Waals surface area contributed by atoms with Crippen molar-refractivity contribution in [3.63, 3.8) is 0 Å². The van der Waals surface area contributed by atoms with Gasteiger partial charge in [0, 0.05) is 17.6 Å². The molecule has 1 fully saturated rings. The number of hydrogen-bond acceptors (Lipinski definition) is 4. The Bertz CT molecular complexity index is 968. The van der Waals surface area contributed by atoms with E-state index in [9.17, 15) is 9.59 Å². The second-order valence-corrected chi connectivity index (χ2v) is 7.02. The molecule has 0 aliphatic heterocycles. The minimum atomic E-state index is -0.326. The number of rotatable bonds is 3. The standard InChI is InChI=1S/C18H17N3O2S/c1-11-5-7-12(8-6-11)15-10-24-18-19-9-14(17(23)21(15)18)16(22)20-13-3-2-4-13/h5-10,13H,2-4H2,1H3,(H,20,22). The SMILES string of the molecule is Cc1ccc(-c2csc3ncc(C(=O)NC4CCC4)c(=O)n23)cc1. The minimum absolute atomic E-state index is 0.103. The van der Waals surface area contributed by atoms with Crippen LogP contribution in [-0.4, -0.2) is 21.3 Å². The van der Waals surface area contributed by atoms with Crippen LogP contribution in [0.5, 0.6) is 0 Å². The number of amides is 1. The molecular formula is C18H17N3O2S. The van der Waals surface area contributed by atoms with Gasteiger partial charge in [-0.25, -0.2) is 4.98 Å². The Balaban J connectivity index is 1.79. The molecule has 3 aromatic rings. The van der Waals surface area contributed by atoms with Gasteiger partial charge in [0.1, 0.15) is 5.56 Å². The lowest BCUT2D eigenvalue weighted by molar-refractivity contribution is 0.0915. The van der Waals surface area contributed by atoms with Crippen molar-refractivity contribution in [3.8, 4) is 11.3 Å². The number of carbonyl (C=O) groups is 1. The van der Waals surface area contributed by atoms with Crippen LogP contribution in [0.2, 0.25) is 0 Å². The highest BCUT2D eigenvalue weighted by atomic mass is 32.1. The molecule has 6 heteroatoms. The maximum absolute atomic E-state index is 12.8. The zero-order valence-electron chi connectivity index (χ0n) is 13.3. The number of thiazole rings is 1. The Kier molecular flexibility index (Phi) is 3.69. The fraction of sp³-hybridized carbons (Fsp3) is 0.278. The van der Waals surface area contributed by atoms with Gasteiger partial charge in [-0.15, -0.1) is 11.3 Å². The number of aromatic nitrogens is 2. The average Bonchev–Trinajstić information content (AvgIpc) is 2.97. The maximum atomic E-state index is 12.8. The molecule has 24 heavy (non-hydrogen) atoms. The van der Waals surface area contributed by atoms with Crippen molar-refractivity contribution in [1.82, 2.24) is 14.7 Å². The number of hydrogen-bond donors (Lipinski definition) is 1. The van der Waals surface area contributed by atoms with Crippen molar-refractivity contribution in [2.24, 2.45) is 0 Å². The van der Waals surface area contributed by atoms with Crippen molar-refractivity contribution in [2.75, 3.05) is 0 Å². The Labute approximate surface area is 143 Å². The normalized spacial score (nSPS) is 14.5. The quantitative estimate of drug-likeness (QED) is 0.798. The van der Waals surface area contributed by atoms with Gasteiger partial charge in [-0.3, -0.25) is 14.0 Å². The summed E-state index contributed by atoms with van der Waals surface area (Å²) in [6.07, 6.45) is 4.48. The first-order chi connectivity index (χ1) is 11.6. The van der Waals surface area contributed by atoms with Crippen LogP contribution in [0, 0.1) is 6.92 Å². The number of nitrogens with one attached hydrogen (secondary N) is 1. The summed E-state index contributed by atoms with van der Waals surface area (Å²) in [5.41, 5.74) is 2.65. The molecule has 0 atom stereocenters. The molecule has 1 saturated carbocycles. The van der Waals surface area contributed by atoms with Crippen LogP contribution in [0.25, 0.3) is 16.2 Å². The molecular weight excluding hydrogens is 322 g/mol. The third-order valence-electron chi connectivity index (χ3n) is 4.48. The lowest BCUT2D eigenvalue weighted by Gasteiger charge is -2.26. The number of fused-ring (bicyclic) bond motifs is 1. The molecule has 1 amide bonds. The van der Waals surface area contributed by atoms with Gasteiger partial charge in [0.25, 0.3) is 11.5 Å². The largest absolute Gasteiger partial charge is 0.349 e. The zero-order valence-corrected chi connectivity index (χ0v) is 14.1. The van der Waals surface area contributed by atoms with Gasteiger partial charge in [0.15, 0.2) is 4.96 Å². The third kappa shape index (κ3) is 2.53. The molecule has 1 N–H and O–H groups in total. The Morgan fingerprint density at radius 1 is 1.29 bits per heavy atom. The van der Waals surface area contributed by atoms with E-state index >= 15 is 0 Å². The van der Waals surface area contributed by atoms with E-state index < -0.39 is 0 Å². The summed E-state index contributed by atoms with van der Waals surface area (Å²) in [7, 11) is 0. The molecule has 1 aliphatic carbocycles. The molecule has 0 unspecified atom stereocenters. The molecule has 0 spiro atoms. The van der Waals surface area contributed by atoms with Crippen molar-refractivity contribution in [2.45, 2.75) is 32.2 Å². The summed E-state index contributed by atoms with van der Waals surface area (Å²) in [4.78, 5) is 30.1. The van der Waals surface area contributed by atoms with Gasteiger partial charge in [-0.05, 0) is 31.7 Å². The molecule has 0 bridgehead atoms. The van der Waals surface area contributed by atoms with E-state index in [2.05, 4.69) is 10.3 Å². The first-order valence-corrected chi connectivity index (χ1v) is 8.88. The van der Waals surface area contributed by atoms with Crippen molar-refractivity contribution in [3.05, 3.63) is 57.3 Å². The Morgan fingerprint density at radius 3 is 2.71 bits per heavy atom. The molecule has 0 radical (unpaired) electrons. The highest BCUT2D eigenvalue weighted by Gasteiger charge is 2.23. The van der Waals surface area contributed by atoms with Gasteiger partial charge < -0.3 is 5.32 Å². The lowest BCUT2D eigenvalue weighted by Crippen LogP contribution is -2.41. The van der Waals surface area contributed by atoms with E-state index in [0.717, 1.165) is 36.1 Å². The predicted molar refractivity (Wildman–Crippen MR) is 94.6 cm³/mol. The summed E-state index contributed by atoms with van der Waals surface area (Å²) in [5, 5.41) is 4.81. The van der Waals surface area contributed by atoms with E-state index in [4.69, 9.17) is 0 Å².